The van der Waals surface area contributed by atoms with E-state index in [0.29, 0.717) is 22.5 Å². The fourth-order valence-electron chi connectivity index (χ4n) is 2.40. The zero-order valence-corrected chi connectivity index (χ0v) is 15.3. The molecule has 6 nitrogen and oxygen atoms in total. The fraction of sp³-hybridized carbons (Fsp3) is 0.158. The Morgan fingerprint density at radius 2 is 1.85 bits per heavy atom. The first kappa shape index (κ1) is 17.8. The third-order valence-electron chi connectivity index (χ3n) is 3.61. The van der Waals surface area contributed by atoms with Gasteiger partial charge in [-0.2, -0.15) is 4.98 Å². The Kier molecular flexibility index (Phi) is 5.76. The third-order valence-corrected chi connectivity index (χ3v) is 3.89. The molecule has 0 amide bonds. The van der Waals surface area contributed by atoms with Crippen LogP contribution in [0.5, 0.6) is 5.75 Å². The standard InChI is InChI=1S/C19H20ClN5O/c1-3-21-14-9-10-16(17(11-14)26-2)24-19-22-12-15(20)18(25-19)23-13-7-5-4-6-8-13/h4-12,21H,3H2,1-2H3,(H2,22,23,24,25). The third kappa shape index (κ3) is 4.34. The van der Waals surface area contributed by atoms with Crippen LogP contribution in [0.15, 0.2) is 54.7 Å². The van der Waals surface area contributed by atoms with E-state index in [-0.39, 0.29) is 0 Å². The molecule has 0 aliphatic carbocycles. The lowest BCUT2D eigenvalue weighted by molar-refractivity contribution is 0.417. The Hall–Kier alpha value is -2.99. The van der Waals surface area contributed by atoms with Gasteiger partial charge in [-0.05, 0) is 31.2 Å². The molecule has 0 saturated heterocycles. The number of halogens is 1. The molecular weight excluding hydrogens is 350 g/mol. The van der Waals surface area contributed by atoms with Gasteiger partial charge >= 0.3 is 0 Å². The molecule has 0 spiro atoms. The summed E-state index contributed by atoms with van der Waals surface area (Å²) in [6, 6.07) is 15.5. The molecule has 3 N–H and O–H groups in total. The predicted molar refractivity (Wildman–Crippen MR) is 107 cm³/mol. The Labute approximate surface area is 157 Å². The van der Waals surface area contributed by atoms with Crippen molar-refractivity contribution in [2.75, 3.05) is 29.6 Å². The molecule has 0 unspecified atom stereocenters. The lowest BCUT2D eigenvalue weighted by Gasteiger charge is -2.13. The molecule has 0 fully saturated rings. The lowest BCUT2D eigenvalue weighted by Crippen LogP contribution is -2.03. The molecule has 0 atom stereocenters. The van der Waals surface area contributed by atoms with E-state index in [2.05, 4.69) is 25.9 Å². The number of ether oxygens (including phenoxy) is 1. The largest absolute Gasteiger partial charge is 0.494 e. The number of hydrogen-bond acceptors (Lipinski definition) is 6. The molecular formula is C19H20ClN5O. The van der Waals surface area contributed by atoms with E-state index in [4.69, 9.17) is 16.3 Å². The minimum Gasteiger partial charge on any atom is -0.494 e. The smallest absolute Gasteiger partial charge is 0.229 e. The first-order valence-electron chi connectivity index (χ1n) is 8.23. The van der Waals surface area contributed by atoms with Crippen molar-refractivity contribution >= 4 is 40.4 Å². The minimum absolute atomic E-state index is 0.419. The predicted octanol–water partition coefficient (Wildman–Crippen LogP) is 5.06. The van der Waals surface area contributed by atoms with Gasteiger partial charge in [-0.25, -0.2) is 4.98 Å². The van der Waals surface area contributed by atoms with Crippen molar-refractivity contribution in [3.05, 3.63) is 59.8 Å². The number of benzene rings is 2. The van der Waals surface area contributed by atoms with Gasteiger partial charge in [0.25, 0.3) is 0 Å². The summed E-state index contributed by atoms with van der Waals surface area (Å²) in [6.07, 6.45) is 1.56. The van der Waals surface area contributed by atoms with Crippen LogP contribution in [0.1, 0.15) is 6.92 Å². The van der Waals surface area contributed by atoms with Crippen molar-refractivity contribution in [3.8, 4) is 5.75 Å². The highest BCUT2D eigenvalue weighted by Crippen LogP contribution is 2.31. The van der Waals surface area contributed by atoms with Gasteiger partial charge in [0.05, 0.1) is 19.0 Å². The quantitative estimate of drug-likeness (QED) is 0.541. The average Bonchev–Trinajstić information content (AvgIpc) is 2.66. The number of anilines is 5. The van der Waals surface area contributed by atoms with Crippen molar-refractivity contribution in [3.63, 3.8) is 0 Å². The summed E-state index contributed by atoms with van der Waals surface area (Å²) < 4.78 is 5.45. The maximum atomic E-state index is 6.21. The number of hydrogen-bond donors (Lipinski definition) is 3. The number of para-hydroxylation sites is 1. The number of nitrogens with one attached hydrogen (secondary N) is 3. The molecule has 0 bridgehead atoms. The van der Waals surface area contributed by atoms with E-state index in [0.717, 1.165) is 23.6 Å². The number of nitrogens with zero attached hydrogens (tertiary/aromatic N) is 2. The van der Waals surface area contributed by atoms with E-state index in [1.807, 2.05) is 55.5 Å². The lowest BCUT2D eigenvalue weighted by atomic mass is 10.2. The van der Waals surface area contributed by atoms with Gasteiger partial charge in [0, 0.05) is 24.0 Å². The molecule has 0 radical (unpaired) electrons. The van der Waals surface area contributed by atoms with Gasteiger partial charge in [0.1, 0.15) is 10.8 Å². The molecule has 0 aliphatic rings. The maximum absolute atomic E-state index is 6.21. The zero-order chi connectivity index (χ0) is 18.4. The summed E-state index contributed by atoms with van der Waals surface area (Å²) in [4.78, 5) is 8.71. The molecule has 0 saturated carbocycles. The van der Waals surface area contributed by atoms with Gasteiger partial charge < -0.3 is 20.7 Å². The summed E-state index contributed by atoms with van der Waals surface area (Å²) in [5.41, 5.74) is 2.65. The molecule has 2 aromatic carbocycles. The second-order valence-corrected chi connectivity index (χ2v) is 5.86. The van der Waals surface area contributed by atoms with E-state index < -0.39 is 0 Å². The first-order chi connectivity index (χ1) is 12.7. The van der Waals surface area contributed by atoms with Crippen LogP contribution in [0.3, 0.4) is 0 Å². The minimum atomic E-state index is 0.419. The van der Waals surface area contributed by atoms with Crippen molar-refractivity contribution in [2.45, 2.75) is 6.92 Å². The van der Waals surface area contributed by atoms with E-state index in [9.17, 15) is 0 Å². The number of aromatic nitrogens is 2. The van der Waals surface area contributed by atoms with Crippen molar-refractivity contribution in [2.24, 2.45) is 0 Å². The molecule has 1 aromatic heterocycles. The first-order valence-corrected chi connectivity index (χ1v) is 8.61. The fourth-order valence-corrected chi connectivity index (χ4v) is 2.54. The van der Waals surface area contributed by atoms with Crippen molar-refractivity contribution < 1.29 is 4.74 Å². The number of rotatable bonds is 7. The normalized spacial score (nSPS) is 10.3. The summed E-state index contributed by atoms with van der Waals surface area (Å²) in [7, 11) is 1.63. The van der Waals surface area contributed by atoms with Gasteiger partial charge in [-0.15, -0.1) is 0 Å². The Balaban J connectivity index is 1.83. The van der Waals surface area contributed by atoms with E-state index >= 15 is 0 Å². The van der Waals surface area contributed by atoms with Crippen LogP contribution in [0, 0.1) is 0 Å². The summed E-state index contributed by atoms with van der Waals surface area (Å²) >= 11 is 6.21. The molecule has 0 aliphatic heterocycles. The zero-order valence-electron chi connectivity index (χ0n) is 14.6. The van der Waals surface area contributed by atoms with Crippen LogP contribution in [-0.4, -0.2) is 23.6 Å². The molecule has 7 heteroatoms. The van der Waals surface area contributed by atoms with Crippen LogP contribution in [0.4, 0.5) is 28.8 Å². The van der Waals surface area contributed by atoms with Crippen molar-refractivity contribution in [1.82, 2.24) is 9.97 Å². The summed E-state index contributed by atoms with van der Waals surface area (Å²) in [5.74, 6) is 1.64. The molecule has 134 valence electrons. The number of methoxy groups -OCH3 is 1. The highest BCUT2D eigenvalue weighted by molar-refractivity contribution is 6.32. The second-order valence-electron chi connectivity index (χ2n) is 5.45. The van der Waals surface area contributed by atoms with Crippen molar-refractivity contribution in [1.29, 1.82) is 0 Å². The van der Waals surface area contributed by atoms with Gasteiger partial charge in [-0.1, -0.05) is 29.8 Å². The SMILES string of the molecule is CCNc1ccc(Nc2ncc(Cl)c(Nc3ccccc3)n2)c(OC)c1. The summed E-state index contributed by atoms with van der Waals surface area (Å²) in [6.45, 7) is 2.88. The Bertz CT molecular complexity index is 873. The van der Waals surface area contributed by atoms with E-state index in [1.54, 1.807) is 13.3 Å². The van der Waals surface area contributed by atoms with Crippen LogP contribution in [-0.2, 0) is 0 Å². The molecule has 26 heavy (non-hydrogen) atoms. The highest BCUT2D eigenvalue weighted by atomic mass is 35.5. The van der Waals surface area contributed by atoms with Gasteiger partial charge in [-0.3, -0.25) is 0 Å². The monoisotopic (exact) mass is 369 g/mol. The molecule has 3 aromatic rings. The topological polar surface area (TPSA) is 71.1 Å². The Morgan fingerprint density at radius 3 is 2.58 bits per heavy atom. The van der Waals surface area contributed by atoms with Gasteiger partial charge in [0.15, 0.2) is 5.82 Å². The maximum Gasteiger partial charge on any atom is 0.229 e. The average molecular weight is 370 g/mol. The van der Waals surface area contributed by atoms with Gasteiger partial charge in [0.2, 0.25) is 5.95 Å². The van der Waals surface area contributed by atoms with E-state index in [1.165, 1.54) is 0 Å². The molecule has 1 heterocycles. The summed E-state index contributed by atoms with van der Waals surface area (Å²) in [5, 5.41) is 10.1. The van der Waals surface area contributed by atoms with Crippen LogP contribution in [0.25, 0.3) is 0 Å². The Morgan fingerprint density at radius 1 is 1.04 bits per heavy atom. The van der Waals surface area contributed by atoms with Crippen LogP contribution < -0.4 is 20.7 Å². The second kappa shape index (κ2) is 8.40. The van der Waals surface area contributed by atoms with Crippen LogP contribution >= 0.6 is 11.6 Å². The van der Waals surface area contributed by atoms with Crippen LogP contribution in [0.2, 0.25) is 5.02 Å². The molecule has 3 rings (SSSR count). The highest BCUT2D eigenvalue weighted by Gasteiger charge is 2.09.